The summed E-state index contributed by atoms with van der Waals surface area (Å²) in [4.78, 5) is 32.4. The number of para-hydroxylation sites is 2. The highest BCUT2D eigenvalue weighted by Gasteiger charge is 2.22. The second-order valence-corrected chi connectivity index (χ2v) is 6.56. The van der Waals surface area contributed by atoms with Gasteiger partial charge in [0, 0.05) is 11.4 Å². The third-order valence-electron chi connectivity index (χ3n) is 4.23. The highest BCUT2D eigenvalue weighted by molar-refractivity contribution is 5.88. The minimum Gasteiger partial charge on any atom is -0.486 e. The van der Waals surface area contributed by atoms with Gasteiger partial charge in [0.1, 0.15) is 12.7 Å². The van der Waals surface area contributed by atoms with Crippen LogP contribution in [0.1, 0.15) is 22.0 Å². The van der Waals surface area contributed by atoms with E-state index in [-0.39, 0.29) is 18.5 Å². The van der Waals surface area contributed by atoms with E-state index in [0.29, 0.717) is 23.9 Å². The number of nitrogens with one attached hydrogen (secondary N) is 1. The molecule has 0 saturated carbocycles. The number of aromatic nitrogens is 4. The minimum atomic E-state index is -0.797. The summed E-state index contributed by atoms with van der Waals surface area (Å²) in [5.41, 5.74) is 1.55. The number of hydrogen-bond acceptors (Lipinski definition) is 8. The van der Waals surface area contributed by atoms with Crippen molar-refractivity contribution in [2.24, 2.45) is 0 Å². The topological polar surface area (TPSA) is 117 Å². The lowest BCUT2D eigenvalue weighted by Crippen LogP contribution is -2.42. The van der Waals surface area contributed by atoms with Gasteiger partial charge in [-0.1, -0.05) is 12.1 Å². The number of hydrogen-bond donors (Lipinski definition) is 1. The van der Waals surface area contributed by atoms with Gasteiger partial charge in [-0.15, -0.1) is 5.10 Å². The Hall–Kier alpha value is -3.69. The average Bonchev–Trinajstić information content (AvgIpc) is 3.15. The summed E-state index contributed by atoms with van der Waals surface area (Å²) in [5.74, 6) is 0.183. The van der Waals surface area contributed by atoms with E-state index in [4.69, 9.17) is 14.2 Å². The van der Waals surface area contributed by atoms with Crippen LogP contribution in [0.2, 0.25) is 0 Å². The molecular weight excluding hydrogens is 378 g/mol. The van der Waals surface area contributed by atoms with Crippen molar-refractivity contribution in [3.63, 3.8) is 0 Å². The Labute approximate surface area is 165 Å². The molecule has 1 aliphatic rings. The van der Waals surface area contributed by atoms with Crippen LogP contribution in [-0.4, -0.2) is 57.3 Å². The lowest BCUT2D eigenvalue weighted by atomic mass is 10.2. The van der Waals surface area contributed by atoms with Gasteiger partial charge in [-0.2, -0.15) is 4.98 Å². The zero-order valence-corrected chi connectivity index (χ0v) is 15.9. The Bertz CT molecular complexity index is 1080. The molecule has 0 saturated heterocycles. The van der Waals surface area contributed by atoms with Gasteiger partial charge in [-0.25, -0.2) is 14.3 Å². The van der Waals surface area contributed by atoms with E-state index in [2.05, 4.69) is 20.4 Å². The second-order valence-electron chi connectivity index (χ2n) is 6.56. The monoisotopic (exact) mass is 397 g/mol. The summed E-state index contributed by atoms with van der Waals surface area (Å²) in [6.45, 7) is 3.73. The third-order valence-corrected chi connectivity index (χ3v) is 4.23. The van der Waals surface area contributed by atoms with E-state index in [1.54, 1.807) is 6.07 Å². The number of ether oxygens (including phenoxy) is 3. The van der Waals surface area contributed by atoms with Crippen molar-refractivity contribution in [1.29, 1.82) is 0 Å². The average molecular weight is 397 g/mol. The Morgan fingerprint density at radius 3 is 2.86 bits per heavy atom. The van der Waals surface area contributed by atoms with E-state index in [1.165, 1.54) is 4.52 Å². The maximum Gasteiger partial charge on any atom is 0.378 e. The first-order valence-electron chi connectivity index (χ1n) is 9.03. The molecular formula is C19H19N5O5. The number of aryl methyl sites for hydroxylation is 2. The van der Waals surface area contributed by atoms with E-state index < -0.39 is 18.5 Å². The molecule has 0 fully saturated rings. The van der Waals surface area contributed by atoms with Crippen molar-refractivity contribution < 1.29 is 23.8 Å². The highest BCUT2D eigenvalue weighted by Crippen LogP contribution is 2.30. The molecule has 1 unspecified atom stereocenters. The molecule has 2 aromatic heterocycles. The number of nitrogens with zero attached hydrogens (tertiary/aromatic N) is 4. The van der Waals surface area contributed by atoms with Crippen molar-refractivity contribution in [1.82, 2.24) is 24.9 Å². The number of amides is 1. The van der Waals surface area contributed by atoms with Gasteiger partial charge in [0.2, 0.25) is 0 Å². The fourth-order valence-corrected chi connectivity index (χ4v) is 2.89. The van der Waals surface area contributed by atoms with E-state index in [9.17, 15) is 9.59 Å². The molecule has 29 heavy (non-hydrogen) atoms. The van der Waals surface area contributed by atoms with Gasteiger partial charge in [0.25, 0.3) is 17.5 Å². The molecule has 1 N–H and O–H groups in total. The van der Waals surface area contributed by atoms with Crippen LogP contribution in [0.3, 0.4) is 0 Å². The Balaban J connectivity index is 1.28. The Kier molecular flexibility index (Phi) is 4.98. The van der Waals surface area contributed by atoms with Crippen molar-refractivity contribution >= 4 is 17.7 Å². The van der Waals surface area contributed by atoms with Crippen molar-refractivity contribution in [2.45, 2.75) is 20.0 Å². The molecule has 4 rings (SSSR count). The minimum absolute atomic E-state index is 0.153. The molecule has 1 amide bonds. The summed E-state index contributed by atoms with van der Waals surface area (Å²) in [7, 11) is 0. The standard InChI is InChI=1S/C19H19N5O5/c1-11-7-12(2)24-19(21-11)22-17(23-24)18(26)28-10-16(25)20-8-13-9-27-14-5-3-4-6-15(14)29-13/h3-7,13H,8-10H2,1-2H3,(H,20,25). The second kappa shape index (κ2) is 7.74. The van der Waals surface area contributed by atoms with E-state index >= 15 is 0 Å². The van der Waals surface area contributed by atoms with Crippen LogP contribution in [0.15, 0.2) is 30.3 Å². The molecule has 0 bridgehead atoms. The normalized spacial score (nSPS) is 15.2. The number of fused-ring (bicyclic) bond motifs is 2. The zero-order chi connectivity index (χ0) is 20.4. The van der Waals surface area contributed by atoms with Gasteiger partial charge >= 0.3 is 5.97 Å². The summed E-state index contributed by atoms with van der Waals surface area (Å²) in [6.07, 6.45) is -0.332. The maximum absolute atomic E-state index is 12.1. The molecule has 0 spiro atoms. The van der Waals surface area contributed by atoms with E-state index in [0.717, 1.165) is 11.4 Å². The molecule has 1 aromatic carbocycles. The van der Waals surface area contributed by atoms with Crippen LogP contribution in [-0.2, 0) is 9.53 Å². The maximum atomic E-state index is 12.1. The first-order chi connectivity index (χ1) is 14.0. The molecule has 150 valence electrons. The van der Waals surface area contributed by atoms with Crippen LogP contribution < -0.4 is 14.8 Å². The van der Waals surface area contributed by atoms with Crippen LogP contribution in [0.5, 0.6) is 11.5 Å². The van der Waals surface area contributed by atoms with Gasteiger partial charge < -0.3 is 19.5 Å². The van der Waals surface area contributed by atoms with E-state index in [1.807, 2.05) is 38.1 Å². The largest absolute Gasteiger partial charge is 0.486 e. The Morgan fingerprint density at radius 1 is 1.24 bits per heavy atom. The molecule has 0 aliphatic carbocycles. The molecule has 1 aliphatic heterocycles. The quantitative estimate of drug-likeness (QED) is 0.630. The number of rotatable bonds is 5. The fourth-order valence-electron chi connectivity index (χ4n) is 2.89. The SMILES string of the molecule is Cc1cc(C)n2nc(C(=O)OCC(=O)NCC3COc4ccccc4O3)nc2n1. The van der Waals surface area contributed by atoms with Crippen LogP contribution in [0.4, 0.5) is 0 Å². The smallest absolute Gasteiger partial charge is 0.378 e. The van der Waals surface area contributed by atoms with Crippen LogP contribution >= 0.6 is 0 Å². The molecule has 3 heterocycles. The number of benzene rings is 1. The third kappa shape index (κ3) is 4.10. The summed E-state index contributed by atoms with van der Waals surface area (Å²) in [6, 6.07) is 9.13. The summed E-state index contributed by atoms with van der Waals surface area (Å²) < 4.78 is 17.8. The van der Waals surface area contributed by atoms with Crippen molar-refractivity contribution in [3.05, 3.63) is 47.5 Å². The highest BCUT2D eigenvalue weighted by atomic mass is 16.6. The zero-order valence-electron chi connectivity index (χ0n) is 15.9. The lowest BCUT2D eigenvalue weighted by Gasteiger charge is -2.26. The number of esters is 1. The van der Waals surface area contributed by atoms with Gasteiger partial charge in [-0.3, -0.25) is 4.79 Å². The first-order valence-corrected chi connectivity index (χ1v) is 9.03. The first kappa shape index (κ1) is 18.7. The predicted octanol–water partition coefficient (Wildman–Crippen LogP) is 0.854. The summed E-state index contributed by atoms with van der Waals surface area (Å²) >= 11 is 0. The molecule has 0 radical (unpaired) electrons. The van der Waals surface area contributed by atoms with Crippen molar-refractivity contribution in [3.8, 4) is 11.5 Å². The number of carbonyl (C=O) groups excluding carboxylic acids is 2. The van der Waals surface area contributed by atoms with Gasteiger partial charge in [-0.05, 0) is 32.0 Å². The van der Waals surface area contributed by atoms with Gasteiger partial charge in [0.05, 0.1) is 6.54 Å². The number of carbonyl (C=O) groups is 2. The molecule has 10 nitrogen and oxygen atoms in total. The molecule has 3 aromatic rings. The fraction of sp³-hybridized carbons (Fsp3) is 0.316. The van der Waals surface area contributed by atoms with Crippen molar-refractivity contribution in [2.75, 3.05) is 19.8 Å². The Morgan fingerprint density at radius 2 is 2.03 bits per heavy atom. The summed E-state index contributed by atoms with van der Waals surface area (Å²) in [5, 5.41) is 6.73. The van der Waals surface area contributed by atoms with Crippen LogP contribution in [0.25, 0.3) is 5.78 Å². The van der Waals surface area contributed by atoms with Gasteiger partial charge in [0.15, 0.2) is 18.1 Å². The molecule has 1 atom stereocenters. The lowest BCUT2D eigenvalue weighted by molar-refractivity contribution is -0.124. The molecule has 10 heteroatoms. The van der Waals surface area contributed by atoms with Crippen LogP contribution in [0, 0.1) is 13.8 Å². The predicted molar refractivity (Wildman–Crippen MR) is 99.9 cm³/mol.